The number of thioether (sulfide) groups is 1. The molecule has 0 aliphatic rings. The predicted octanol–water partition coefficient (Wildman–Crippen LogP) is 2.42. The summed E-state index contributed by atoms with van der Waals surface area (Å²) in [6.45, 7) is 6.66. The first-order chi connectivity index (χ1) is 11.4. The van der Waals surface area contributed by atoms with Gasteiger partial charge in [-0.2, -0.15) is 0 Å². The third-order valence-electron chi connectivity index (χ3n) is 2.91. The molecule has 0 unspecified atom stereocenters. The molecule has 24 heavy (non-hydrogen) atoms. The monoisotopic (exact) mass is 350 g/mol. The number of hydrogen-bond acceptors (Lipinski definition) is 7. The first-order valence-electron chi connectivity index (χ1n) is 7.58. The molecular weight excluding hydrogens is 328 g/mol. The summed E-state index contributed by atoms with van der Waals surface area (Å²) >= 11 is 1.31. The number of pyridine rings is 1. The predicted molar refractivity (Wildman–Crippen MR) is 91.7 cm³/mol. The highest BCUT2D eigenvalue weighted by Gasteiger charge is 2.19. The van der Waals surface area contributed by atoms with E-state index in [4.69, 9.17) is 9.47 Å². The number of esters is 1. The van der Waals surface area contributed by atoms with Crippen molar-refractivity contribution in [1.82, 2.24) is 19.7 Å². The molecule has 0 saturated carbocycles. The van der Waals surface area contributed by atoms with Gasteiger partial charge in [0.25, 0.3) is 0 Å². The second-order valence-electron chi connectivity index (χ2n) is 6.06. The van der Waals surface area contributed by atoms with Gasteiger partial charge in [0.15, 0.2) is 11.0 Å². The summed E-state index contributed by atoms with van der Waals surface area (Å²) in [6, 6.07) is 3.74. The Balaban J connectivity index is 2.15. The summed E-state index contributed by atoms with van der Waals surface area (Å²) in [5.74, 6) is 0.624. The molecule has 0 fully saturated rings. The number of hydrogen-bond donors (Lipinski definition) is 0. The molecule has 0 aliphatic carbocycles. The number of aromatic nitrogens is 4. The molecule has 0 saturated heterocycles. The SMILES string of the molecule is COCCn1c(SCC(=O)OC(C)(C)C)nnc1-c1ccncc1. The van der Waals surface area contributed by atoms with E-state index < -0.39 is 5.60 Å². The van der Waals surface area contributed by atoms with Crippen molar-refractivity contribution in [2.75, 3.05) is 19.5 Å². The number of nitrogens with zero attached hydrogens (tertiary/aromatic N) is 4. The summed E-state index contributed by atoms with van der Waals surface area (Å²) in [6.07, 6.45) is 3.41. The van der Waals surface area contributed by atoms with Crippen molar-refractivity contribution in [3.05, 3.63) is 24.5 Å². The Labute approximate surface area is 145 Å². The van der Waals surface area contributed by atoms with Crippen molar-refractivity contribution in [3.63, 3.8) is 0 Å². The van der Waals surface area contributed by atoms with Gasteiger partial charge in [0.1, 0.15) is 5.60 Å². The fourth-order valence-corrected chi connectivity index (χ4v) is 2.73. The lowest BCUT2D eigenvalue weighted by molar-refractivity contribution is -0.151. The van der Waals surface area contributed by atoms with Crippen molar-refractivity contribution < 1.29 is 14.3 Å². The van der Waals surface area contributed by atoms with E-state index in [1.165, 1.54) is 11.8 Å². The number of carbonyl (C=O) groups is 1. The van der Waals surface area contributed by atoms with Gasteiger partial charge in [0.2, 0.25) is 0 Å². The third kappa shape index (κ3) is 5.31. The maximum Gasteiger partial charge on any atom is 0.316 e. The Morgan fingerprint density at radius 1 is 1.25 bits per heavy atom. The number of rotatable bonds is 7. The highest BCUT2D eigenvalue weighted by molar-refractivity contribution is 7.99. The van der Waals surface area contributed by atoms with Crippen LogP contribution in [0.5, 0.6) is 0 Å². The van der Waals surface area contributed by atoms with Gasteiger partial charge in [0, 0.05) is 25.1 Å². The van der Waals surface area contributed by atoms with E-state index in [0.717, 1.165) is 11.4 Å². The van der Waals surface area contributed by atoms with Gasteiger partial charge < -0.3 is 9.47 Å². The second-order valence-corrected chi connectivity index (χ2v) is 7.00. The molecule has 2 aromatic rings. The molecule has 2 aromatic heterocycles. The number of ether oxygens (including phenoxy) is 2. The quantitative estimate of drug-likeness (QED) is 0.560. The van der Waals surface area contributed by atoms with Crippen molar-refractivity contribution in [1.29, 1.82) is 0 Å². The van der Waals surface area contributed by atoms with E-state index in [0.29, 0.717) is 18.3 Å². The lowest BCUT2D eigenvalue weighted by Crippen LogP contribution is -2.25. The van der Waals surface area contributed by atoms with Crippen LogP contribution in [0, 0.1) is 0 Å². The van der Waals surface area contributed by atoms with Crippen molar-refractivity contribution in [2.24, 2.45) is 0 Å². The van der Waals surface area contributed by atoms with Gasteiger partial charge in [-0.15, -0.1) is 10.2 Å². The van der Waals surface area contributed by atoms with E-state index in [2.05, 4.69) is 15.2 Å². The molecule has 0 aliphatic heterocycles. The number of methoxy groups -OCH3 is 1. The van der Waals surface area contributed by atoms with Crippen molar-refractivity contribution >= 4 is 17.7 Å². The zero-order valence-corrected chi connectivity index (χ0v) is 15.2. The Kier molecular flexibility index (Phi) is 6.33. The zero-order chi connectivity index (χ0) is 17.6. The maximum atomic E-state index is 11.9. The minimum Gasteiger partial charge on any atom is -0.459 e. The molecule has 0 bridgehead atoms. The zero-order valence-electron chi connectivity index (χ0n) is 14.4. The lowest BCUT2D eigenvalue weighted by atomic mass is 10.2. The van der Waals surface area contributed by atoms with Crippen LogP contribution in [0.2, 0.25) is 0 Å². The Bertz CT molecular complexity index is 668. The van der Waals surface area contributed by atoms with Crippen molar-refractivity contribution in [2.45, 2.75) is 38.1 Å². The van der Waals surface area contributed by atoms with E-state index in [9.17, 15) is 4.79 Å². The van der Waals surface area contributed by atoms with Gasteiger partial charge in [-0.05, 0) is 32.9 Å². The van der Waals surface area contributed by atoms with Crippen LogP contribution < -0.4 is 0 Å². The molecular formula is C16H22N4O3S. The molecule has 2 heterocycles. The van der Waals surface area contributed by atoms with E-state index in [1.807, 2.05) is 37.5 Å². The fourth-order valence-electron chi connectivity index (χ4n) is 1.99. The summed E-state index contributed by atoms with van der Waals surface area (Å²) in [5.41, 5.74) is 0.418. The molecule has 8 heteroatoms. The molecule has 0 aromatic carbocycles. The summed E-state index contributed by atoms with van der Waals surface area (Å²) < 4.78 is 12.4. The maximum absolute atomic E-state index is 11.9. The molecule has 130 valence electrons. The topological polar surface area (TPSA) is 79.1 Å². The summed E-state index contributed by atoms with van der Waals surface area (Å²) in [5, 5.41) is 9.11. The third-order valence-corrected chi connectivity index (χ3v) is 3.85. The van der Waals surface area contributed by atoms with E-state index in [1.54, 1.807) is 19.5 Å². The summed E-state index contributed by atoms with van der Waals surface area (Å²) in [4.78, 5) is 15.9. The first-order valence-corrected chi connectivity index (χ1v) is 8.56. The highest BCUT2D eigenvalue weighted by Crippen LogP contribution is 2.24. The van der Waals surface area contributed by atoms with Gasteiger partial charge in [-0.1, -0.05) is 11.8 Å². The number of carbonyl (C=O) groups excluding carboxylic acids is 1. The minimum atomic E-state index is -0.496. The Morgan fingerprint density at radius 3 is 2.58 bits per heavy atom. The minimum absolute atomic E-state index is 0.179. The van der Waals surface area contributed by atoms with E-state index in [-0.39, 0.29) is 11.7 Å². The average Bonchev–Trinajstić information content (AvgIpc) is 2.93. The van der Waals surface area contributed by atoms with Gasteiger partial charge in [-0.3, -0.25) is 14.3 Å². The Hall–Kier alpha value is -1.93. The molecule has 2 rings (SSSR count). The van der Waals surface area contributed by atoms with Crippen LogP contribution in [0.25, 0.3) is 11.4 Å². The van der Waals surface area contributed by atoms with Crippen LogP contribution in [-0.4, -0.2) is 50.8 Å². The largest absolute Gasteiger partial charge is 0.459 e. The highest BCUT2D eigenvalue weighted by atomic mass is 32.2. The van der Waals surface area contributed by atoms with E-state index >= 15 is 0 Å². The molecule has 0 spiro atoms. The van der Waals surface area contributed by atoms with Crippen LogP contribution in [-0.2, 0) is 20.8 Å². The van der Waals surface area contributed by atoms with Crippen molar-refractivity contribution in [3.8, 4) is 11.4 Å². The molecule has 0 atom stereocenters. The first kappa shape index (κ1) is 18.4. The normalized spacial score (nSPS) is 11.5. The smallest absolute Gasteiger partial charge is 0.316 e. The van der Waals surface area contributed by atoms with Crippen LogP contribution in [0.3, 0.4) is 0 Å². The van der Waals surface area contributed by atoms with Crippen LogP contribution in [0.1, 0.15) is 20.8 Å². The molecule has 0 radical (unpaired) electrons. The van der Waals surface area contributed by atoms with Gasteiger partial charge >= 0.3 is 5.97 Å². The van der Waals surface area contributed by atoms with Gasteiger partial charge in [0.05, 0.1) is 18.9 Å². The summed E-state index contributed by atoms with van der Waals surface area (Å²) in [7, 11) is 1.64. The Morgan fingerprint density at radius 2 is 1.96 bits per heavy atom. The molecule has 7 nitrogen and oxygen atoms in total. The standard InChI is InChI=1S/C16H22N4O3S/c1-16(2,3)23-13(21)11-24-15-19-18-14(20(15)9-10-22-4)12-5-7-17-8-6-12/h5-8H,9-11H2,1-4H3. The lowest BCUT2D eigenvalue weighted by Gasteiger charge is -2.19. The fraction of sp³-hybridized carbons (Fsp3) is 0.500. The molecule has 0 amide bonds. The average molecular weight is 350 g/mol. The second kappa shape index (κ2) is 8.25. The van der Waals surface area contributed by atoms with Gasteiger partial charge in [-0.25, -0.2) is 0 Å². The van der Waals surface area contributed by atoms with Crippen LogP contribution >= 0.6 is 11.8 Å². The van der Waals surface area contributed by atoms with Crippen LogP contribution in [0.4, 0.5) is 0 Å². The molecule has 0 N–H and O–H groups in total. The van der Waals surface area contributed by atoms with Crippen LogP contribution in [0.15, 0.2) is 29.7 Å².